The van der Waals surface area contributed by atoms with Gasteiger partial charge in [-0.15, -0.1) is 11.3 Å². The highest BCUT2D eigenvalue weighted by Crippen LogP contribution is 2.36. The molecular weight excluding hydrogens is 313 g/mol. The lowest BCUT2D eigenvalue weighted by molar-refractivity contribution is -0.137. The number of hydrogen-bond donors (Lipinski definition) is 1. The van der Waals surface area contributed by atoms with Gasteiger partial charge in [0.2, 0.25) is 0 Å². The number of alkyl halides is 3. The number of aryl methyl sites for hydroxylation is 1. The normalized spacial score (nSPS) is 11.4. The number of nitrogens with one attached hydrogen (secondary N) is 1. The van der Waals surface area contributed by atoms with Crippen LogP contribution in [0, 0.1) is 6.92 Å². The van der Waals surface area contributed by atoms with Gasteiger partial charge in [-0.1, -0.05) is 11.6 Å². The van der Waals surface area contributed by atoms with Crippen molar-refractivity contribution in [1.82, 2.24) is 4.98 Å². The highest BCUT2D eigenvalue weighted by Gasteiger charge is 2.33. The number of halogens is 4. The van der Waals surface area contributed by atoms with Crippen LogP contribution in [-0.4, -0.2) is 10.9 Å². The van der Waals surface area contributed by atoms with Gasteiger partial charge in [0.05, 0.1) is 21.8 Å². The Balaban J connectivity index is 2.24. The van der Waals surface area contributed by atoms with Crippen LogP contribution in [0.3, 0.4) is 0 Å². The predicted octanol–water partition coefficient (Wildman–Crippen LogP) is 4.38. The number of thiazole rings is 1. The van der Waals surface area contributed by atoms with Gasteiger partial charge in [-0.25, -0.2) is 4.98 Å². The molecule has 0 unspecified atom stereocenters. The fourth-order valence-electron chi connectivity index (χ4n) is 1.48. The molecule has 8 heteroatoms. The Labute approximate surface area is 121 Å². The number of hydrogen-bond acceptors (Lipinski definition) is 3. The minimum absolute atomic E-state index is 0.0257. The lowest BCUT2D eigenvalue weighted by atomic mass is 10.2. The third-order valence-corrected chi connectivity index (χ3v) is 3.62. The van der Waals surface area contributed by atoms with Crippen molar-refractivity contribution in [3.8, 4) is 0 Å². The Morgan fingerprint density at radius 2 is 2.10 bits per heavy atom. The lowest BCUT2D eigenvalue weighted by Crippen LogP contribution is -2.12. The van der Waals surface area contributed by atoms with E-state index in [2.05, 4.69) is 10.3 Å². The second-order valence-electron chi connectivity index (χ2n) is 3.89. The number of aromatic nitrogens is 1. The molecule has 1 aromatic carbocycles. The summed E-state index contributed by atoms with van der Waals surface area (Å²) >= 11 is 6.65. The minimum atomic E-state index is -4.57. The minimum Gasteiger partial charge on any atom is -0.321 e. The SMILES string of the molecule is Cc1ncc(C(=O)Nc2ccc(Cl)c(C(F)(F)F)c2)s1. The van der Waals surface area contributed by atoms with Crippen LogP contribution in [0.4, 0.5) is 18.9 Å². The second kappa shape index (κ2) is 5.41. The molecule has 0 aliphatic carbocycles. The van der Waals surface area contributed by atoms with Gasteiger partial charge in [-0.05, 0) is 25.1 Å². The van der Waals surface area contributed by atoms with Gasteiger partial charge >= 0.3 is 6.18 Å². The highest BCUT2D eigenvalue weighted by atomic mass is 35.5. The summed E-state index contributed by atoms with van der Waals surface area (Å²) in [6, 6.07) is 3.20. The third-order valence-electron chi connectivity index (χ3n) is 2.37. The molecule has 0 radical (unpaired) electrons. The number of nitrogens with zero attached hydrogens (tertiary/aromatic N) is 1. The maximum atomic E-state index is 12.7. The number of rotatable bonds is 2. The van der Waals surface area contributed by atoms with Crippen molar-refractivity contribution in [2.24, 2.45) is 0 Å². The predicted molar refractivity (Wildman–Crippen MR) is 71.3 cm³/mol. The van der Waals surface area contributed by atoms with Gasteiger partial charge in [0.15, 0.2) is 0 Å². The monoisotopic (exact) mass is 320 g/mol. The first-order valence-corrected chi connectivity index (χ1v) is 6.57. The summed E-state index contributed by atoms with van der Waals surface area (Å²) in [7, 11) is 0. The van der Waals surface area contributed by atoms with Crippen LogP contribution in [0.2, 0.25) is 5.02 Å². The Kier molecular flexibility index (Phi) is 4.01. The maximum Gasteiger partial charge on any atom is 0.417 e. The summed E-state index contributed by atoms with van der Waals surface area (Å²) in [6.45, 7) is 1.73. The van der Waals surface area contributed by atoms with Crippen LogP contribution in [0.1, 0.15) is 20.2 Å². The van der Waals surface area contributed by atoms with E-state index < -0.39 is 22.7 Å². The van der Waals surface area contributed by atoms with Gasteiger partial charge in [0.1, 0.15) is 4.88 Å². The molecule has 1 aromatic heterocycles. The van der Waals surface area contributed by atoms with Crippen LogP contribution in [-0.2, 0) is 6.18 Å². The molecule has 106 valence electrons. The van der Waals surface area contributed by atoms with E-state index in [1.807, 2.05) is 0 Å². The van der Waals surface area contributed by atoms with E-state index in [1.54, 1.807) is 6.92 Å². The lowest BCUT2D eigenvalue weighted by Gasteiger charge is -2.11. The summed E-state index contributed by atoms with van der Waals surface area (Å²) in [5.74, 6) is -0.508. The second-order valence-corrected chi connectivity index (χ2v) is 5.53. The van der Waals surface area contributed by atoms with Gasteiger partial charge in [-0.2, -0.15) is 13.2 Å². The molecule has 0 bridgehead atoms. The van der Waals surface area contributed by atoms with E-state index in [4.69, 9.17) is 11.6 Å². The quantitative estimate of drug-likeness (QED) is 0.892. The molecule has 3 nitrogen and oxygen atoms in total. The number of carbonyl (C=O) groups is 1. The molecule has 0 fully saturated rings. The zero-order valence-electron chi connectivity index (χ0n) is 10.1. The van der Waals surface area contributed by atoms with E-state index in [1.165, 1.54) is 12.3 Å². The summed E-state index contributed by atoms with van der Waals surface area (Å²) < 4.78 is 38.1. The standard InChI is InChI=1S/C12H8ClF3N2OS/c1-6-17-5-10(20-6)11(19)18-7-2-3-9(13)8(4-7)12(14,15)16/h2-5H,1H3,(H,18,19). The molecule has 0 spiro atoms. The van der Waals surface area contributed by atoms with Crippen LogP contribution < -0.4 is 5.32 Å². The van der Waals surface area contributed by atoms with Crippen molar-refractivity contribution >= 4 is 34.5 Å². The van der Waals surface area contributed by atoms with Crippen molar-refractivity contribution in [1.29, 1.82) is 0 Å². The third kappa shape index (κ3) is 3.29. The van der Waals surface area contributed by atoms with E-state index in [9.17, 15) is 18.0 Å². The summed E-state index contributed by atoms with van der Waals surface area (Å²) in [4.78, 5) is 16.1. The molecule has 0 aliphatic heterocycles. The molecule has 0 atom stereocenters. The molecule has 1 amide bonds. The largest absolute Gasteiger partial charge is 0.417 e. The van der Waals surface area contributed by atoms with Crippen molar-refractivity contribution < 1.29 is 18.0 Å². The average Bonchev–Trinajstić information content (AvgIpc) is 2.77. The molecule has 2 rings (SSSR count). The van der Waals surface area contributed by atoms with E-state index >= 15 is 0 Å². The first-order valence-electron chi connectivity index (χ1n) is 5.38. The van der Waals surface area contributed by atoms with Gasteiger partial charge < -0.3 is 5.32 Å². The Hall–Kier alpha value is -1.60. The first-order chi connectivity index (χ1) is 9.27. The van der Waals surface area contributed by atoms with Gasteiger partial charge in [-0.3, -0.25) is 4.79 Å². The summed E-state index contributed by atoms with van der Waals surface area (Å²) in [6.07, 6.45) is -3.20. The fourth-order valence-corrected chi connectivity index (χ4v) is 2.38. The highest BCUT2D eigenvalue weighted by molar-refractivity contribution is 7.13. The summed E-state index contributed by atoms with van der Waals surface area (Å²) in [5, 5.41) is 2.67. The van der Waals surface area contributed by atoms with Crippen molar-refractivity contribution in [2.45, 2.75) is 13.1 Å². The number of amides is 1. The first kappa shape index (κ1) is 14.8. The van der Waals surface area contributed by atoms with Crippen LogP contribution in [0.15, 0.2) is 24.4 Å². The van der Waals surface area contributed by atoms with E-state index in [0.29, 0.717) is 9.88 Å². The van der Waals surface area contributed by atoms with Crippen molar-refractivity contribution in [3.05, 3.63) is 44.9 Å². The zero-order valence-corrected chi connectivity index (χ0v) is 11.7. The van der Waals surface area contributed by atoms with E-state index in [0.717, 1.165) is 23.5 Å². The molecule has 1 heterocycles. The summed E-state index contributed by atoms with van der Waals surface area (Å²) in [5.41, 5.74) is -0.963. The topological polar surface area (TPSA) is 42.0 Å². The Morgan fingerprint density at radius 1 is 1.40 bits per heavy atom. The van der Waals surface area contributed by atoms with Crippen molar-refractivity contribution in [2.75, 3.05) is 5.32 Å². The van der Waals surface area contributed by atoms with Crippen LogP contribution in [0.25, 0.3) is 0 Å². The Bertz CT molecular complexity index is 654. The van der Waals surface area contributed by atoms with Crippen LogP contribution in [0.5, 0.6) is 0 Å². The van der Waals surface area contributed by atoms with Crippen LogP contribution >= 0.6 is 22.9 Å². The molecule has 0 saturated carbocycles. The zero-order chi connectivity index (χ0) is 14.9. The molecular formula is C12H8ClF3N2OS. The molecule has 2 aromatic rings. The van der Waals surface area contributed by atoms with E-state index in [-0.39, 0.29) is 5.69 Å². The fraction of sp³-hybridized carbons (Fsp3) is 0.167. The van der Waals surface area contributed by atoms with Gasteiger partial charge in [0.25, 0.3) is 5.91 Å². The van der Waals surface area contributed by atoms with Gasteiger partial charge in [0, 0.05) is 5.69 Å². The molecule has 20 heavy (non-hydrogen) atoms. The number of benzene rings is 1. The average molecular weight is 321 g/mol. The molecule has 1 N–H and O–H groups in total. The molecule has 0 saturated heterocycles. The van der Waals surface area contributed by atoms with Crippen molar-refractivity contribution in [3.63, 3.8) is 0 Å². The Morgan fingerprint density at radius 3 is 2.65 bits per heavy atom. The maximum absolute atomic E-state index is 12.7. The number of carbonyl (C=O) groups excluding carboxylic acids is 1. The number of anilines is 1. The smallest absolute Gasteiger partial charge is 0.321 e. The molecule has 0 aliphatic rings.